The van der Waals surface area contributed by atoms with Gasteiger partial charge in [0.15, 0.2) is 5.38 Å². The molecule has 0 spiro atoms. The van der Waals surface area contributed by atoms with Crippen LogP contribution in [-0.4, -0.2) is 22.3 Å². The quantitative estimate of drug-likeness (QED) is 0.669. The summed E-state index contributed by atoms with van der Waals surface area (Å²) in [7, 11) is 0. The topological polar surface area (TPSA) is 20.2 Å². The first-order chi connectivity index (χ1) is 5.86. The maximum absolute atomic E-state index is 12.2. The van der Waals surface area contributed by atoms with Gasteiger partial charge in [0.05, 0.1) is 5.60 Å². The highest BCUT2D eigenvalue weighted by Crippen LogP contribution is 2.41. The van der Waals surface area contributed by atoms with E-state index in [2.05, 4.69) is 0 Å². The molecule has 0 saturated heterocycles. The number of hydrogen-bond acceptors (Lipinski definition) is 1. The second-order valence-electron chi connectivity index (χ2n) is 3.57. The molecule has 1 aliphatic carbocycles. The number of hydrogen-bond donors (Lipinski definition) is 1. The lowest BCUT2D eigenvalue weighted by molar-refractivity contribution is -0.176. The summed E-state index contributed by atoms with van der Waals surface area (Å²) >= 11 is 5.20. The van der Waals surface area contributed by atoms with E-state index in [0.29, 0.717) is 12.8 Å². The fraction of sp³-hybridized carbons (Fsp3) is 1.00. The van der Waals surface area contributed by atoms with Crippen LogP contribution in [0.5, 0.6) is 0 Å². The normalized spacial score (nSPS) is 25.6. The molecule has 0 aromatic rings. The first-order valence-corrected chi connectivity index (χ1v) is 4.73. The molecule has 1 saturated carbocycles. The van der Waals surface area contributed by atoms with Crippen LogP contribution in [-0.2, 0) is 0 Å². The zero-order chi connectivity index (χ0) is 10.1. The van der Waals surface area contributed by atoms with Crippen molar-refractivity contribution in [3.8, 4) is 0 Å². The largest absolute Gasteiger partial charge is 0.407 e. The smallest absolute Gasteiger partial charge is 0.388 e. The van der Waals surface area contributed by atoms with Gasteiger partial charge in [0.2, 0.25) is 0 Å². The van der Waals surface area contributed by atoms with E-state index >= 15 is 0 Å². The van der Waals surface area contributed by atoms with Crippen LogP contribution in [0.15, 0.2) is 0 Å². The zero-order valence-corrected chi connectivity index (χ0v) is 7.83. The van der Waals surface area contributed by atoms with Gasteiger partial charge < -0.3 is 5.11 Å². The maximum atomic E-state index is 12.2. The SMILES string of the molecule is OC1(C(Cl)C(F)(F)F)CCCCC1. The Labute approximate surface area is 79.9 Å². The first kappa shape index (κ1) is 11.1. The van der Waals surface area contributed by atoms with Gasteiger partial charge in [0.25, 0.3) is 0 Å². The highest BCUT2D eigenvalue weighted by atomic mass is 35.5. The summed E-state index contributed by atoms with van der Waals surface area (Å²) in [5, 5.41) is 7.50. The summed E-state index contributed by atoms with van der Waals surface area (Å²) in [4.78, 5) is 0. The van der Waals surface area contributed by atoms with Gasteiger partial charge in [0.1, 0.15) is 0 Å². The van der Waals surface area contributed by atoms with E-state index in [1.54, 1.807) is 0 Å². The van der Waals surface area contributed by atoms with Gasteiger partial charge in [-0.15, -0.1) is 11.6 Å². The molecule has 1 unspecified atom stereocenters. The van der Waals surface area contributed by atoms with Gasteiger partial charge in [-0.1, -0.05) is 19.3 Å². The Hall–Kier alpha value is 0.0400. The molecule has 0 aromatic carbocycles. The van der Waals surface area contributed by atoms with Crippen molar-refractivity contribution in [1.29, 1.82) is 0 Å². The molecule has 0 aliphatic heterocycles. The van der Waals surface area contributed by atoms with Gasteiger partial charge in [-0.2, -0.15) is 13.2 Å². The molecule has 0 radical (unpaired) electrons. The first-order valence-electron chi connectivity index (χ1n) is 4.29. The Balaban J connectivity index is 2.67. The van der Waals surface area contributed by atoms with E-state index in [4.69, 9.17) is 11.6 Å². The molecule has 0 aromatic heterocycles. The minimum absolute atomic E-state index is 0.153. The predicted molar refractivity (Wildman–Crippen MR) is 43.7 cm³/mol. The minimum Gasteiger partial charge on any atom is -0.388 e. The number of rotatable bonds is 1. The van der Waals surface area contributed by atoms with E-state index in [1.807, 2.05) is 0 Å². The van der Waals surface area contributed by atoms with Crippen LogP contribution in [0, 0.1) is 0 Å². The Bertz CT molecular complexity index is 175. The number of aliphatic hydroxyl groups is 1. The molecule has 1 nitrogen and oxygen atoms in total. The third kappa shape index (κ3) is 2.50. The lowest BCUT2D eigenvalue weighted by Crippen LogP contribution is -2.48. The fourth-order valence-corrected chi connectivity index (χ4v) is 1.94. The lowest BCUT2D eigenvalue weighted by Gasteiger charge is -2.36. The highest BCUT2D eigenvalue weighted by molar-refractivity contribution is 6.22. The summed E-state index contributed by atoms with van der Waals surface area (Å²) < 4.78 is 36.6. The second-order valence-corrected chi connectivity index (χ2v) is 4.00. The van der Waals surface area contributed by atoms with Crippen LogP contribution in [0.25, 0.3) is 0 Å². The Kier molecular flexibility index (Phi) is 3.12. The molecule has 0 heterocycles. The third-order valence-electron chi connectivity index (χ3n) is 2.48. The summed E-state index contributed by atoms with van der Waals surface area (Å²) in [6.45, 7) is 0. The Morgan fingerprint density at radius 3 is 2.00 bits per heavy atom. The van der Waals surface area contributed by atoms with E-state index in [0.717, 1.165) is 6.42 Å². The van der Waals surface area contributed by atoms with Gasteiger partial charge >= 0.3 is 6.18 Å². The highest BCUT2D eigenvalue weighted by Gasteiger charge is 2.51. The number of alkyl halides is 4. The van der Waals surface area contributed by atoms with Crippen molar-refractivity contribution in [2.24, 2.45) is 0 Å². The minimum atomic E-state index is -4.51. The average molecular weight is 217 g/mol. The van der Waals surface area contributed by atoms with Crippen LogP contribution in [0.3, 0.4) is 0 Å². The predicted octanol–water partition coefficient (Wildman–Crippen LogP) is 2.85. The summed E-state index contributed by atoms with van der Waals surface area (Å²) in [5.74, 6) is 0. The molecular formula is C8H12ClF3O. The van der Waals surface area contributed by atoms with Crippen molar-refractivity contribution in [2.45, 2.75) is 49.3 Å². The maximum Gasteiger partial charge on any atom is 0.407 e. The Morgan fingerprint density at radius 2 is 1.62 bits per heavy atom. The van der Waals surface area contributed by atoms with Gasteiger partial charge in [-0.25, -0.2) is 0 Å². The van der Waals surface area contributed by atoms with Gasteiger partial charge in [-0.3, -0.25) is 0 Å². The molecule has 1 atom stereocenters. The standard InChI is InChI=1S/C8H12ClF3O/c9-6(8(10,11)12)7(13)4-2-1-3-5-7/h6,13H,1-5H2. The molecule has 1 fully saturated rings. The van der Waals surface area contributed by atoms with Crippen molar-refractivity contribution in [2.75, 3.05) is 0 Å². The summed E-state index contributed by atoms with van der Waals surface area (Å²) in [6, 6.07) is 0. The molecule has 1 N–H and O–H groups in total. The molecule has 1 aliphatic rings. The third-order valence-corrected chi connectivity index (χ3v) is 3.13. The van der Waals surface area contributed by atoms with Gasteiger partial charge in [-0.05, 0) is 12.8 Å². The number of halogens is 4. The van der Waals surface area contributed by atoms with E-state index in [1.165, 1.54) is 0 Å². The van der Waals surface area contributed by atoms with Crippen LogP contribution >= 0.6 is 11.6 Å². The van der Waals surface area contributed by atoms with Crippen LogP contribution in [0.1, 0.15) is 32.1 Å². The molecule has 0 bridgehead atoms. The molecule has 13 heavy (non-hydrogen) atoms. The van der Waals surface area contributed by atoms with Crippen LogP contribution in [0.2, 0.25) is 0 Å². The molecule has 78 valence electrons. The Morgan fingerprint density at radius 1 is 1.15 bits per heavy atom. The van der Waals surface area contributed by atoms with E-state index < -0.39 is 17.2 Å². The lowest BCUT2D eigenvalue weighted by atomic mass is 9.82. The van der Waals surface area contributed by atoms with Crippen LogP contribution in [0.4, 0.5) is 13.2 Å². The van der Waals surface area contributed by atoms with E-state index in [-0.39, 0.29) is 12.8 Å². The molecule has 1 rings (SSSR count). The van der Waals surface area contributed by atoms with Gasteiger partial charge in [0, 0.05) is 0 Å². The fourth-order valence-electron chi connectivity index (χ4n) is 1.72. The van der Waals surface area contributed by atoms with Crippen molar-refractivity contribution in [1.82, 2.24) is 0 Å². The van der Waals surface area contributed by atoms with Crippen molar-refractivity contribution < 1.29 is 18.3 Å². The van der Waals surface area contributed by atoms with Crippen molar-refractivity contribution in [3.63, 3.8) is 0 Å². The van der Waals surface area contributed by atoms with Crippen LogP contribution < -0.4 is 0 Å². The molecular weight excluding hydrogens is 205 g/mol. The van der Waals surface area contributed by atoms with Crippen molar-refractivity contribution >= 4 is 11.6 Å². The molecule has 0 amide bonds. The second kappa shape index (κ2) is 3.65. The monoisotopic (exact) mass is 216 g/mol. The van der Waals surface area contributed by atoms with E-state index in [9.17, 15) is 18.3 Å². The average Bonchev–Trinajstić information content (AvgIpc) is 2.03. The zero-order valence-electron chi connectivity index (χ0n) is 7.07. The summed E-state index contributed by atoms with van der Waals surface area (Å²) in [6.07, 6.45) is -2.08. The molecule has 5 heteroatoms. The van der Waals surface area contributed by atoms with Crippen molar-refractivity contribution in [3.05, 3.63) is 0 Å². The summed E-state index contributed by atoms with van der Waals surface area (Å²) in [5.41, 5.74) is -1.74.